The Morgan fingerprint density at radius 3 is 2.15 bits per heavy atom. The first-order valence-corrected chi connectivity index (χ1v) is 5.49. The summed E-state index contributed by atoms with van der Waals surface area (Å²) in [5, 5.41) is -1.35. The molecule has 3 nitrogen and oxygen atoms in total. The second kappa shape index (κ2) is 5.65. The number of carbonyl (C=O) groups excluding carboxylic acids is 1. The van der Waals surface area contributed by atoms with E-state index in [1.54, 1.807) is 0 Å². The number of nitrogens with zero attached hydrogens (tertiary/aromatic N) is 1. The van der Waals surface area contributed by atoms with E-state index in [0.29, 0.717) is 6.07 Å². The Morgan fingerprint density at radius 1 is 1.25 bits per heavy atom. The van der Waals surface area contributed by atoms with Crippen LogP contribution in [0.1, 0.15) is 21.6 Å². The molecule has 1 aromatic heterocycles. The predicted molar refractivity (Wildman–Crippen MR) is 55.7 cm³/mol. The van der Waals surface area contributed by atoms with Crippen molar-refractivity contribution in [2.45, 2.75) is 18.4 Å². The van der Waals surface area contributed by atoms with Crippen molar-refractivity contribution < 1.29 is 35.9 Å². The molecule has 20 heavy (non-hydrogen) atoms. The van der Waals surface area contributed by atoms with Gasteiger partial charge in [0.05, 0.1) is 0 Å². The summed E-state index contributed by atoms with van der Waals surface area (Å²) in [5.41, 5.74) is -3.46. The average Bonchev–Trinajstić information content (AvgIpc) is 2.23. The largest absolute Gasteiger partial charge is 0.574 e. The molecule has 11 heteroatoms. The molecule has 0 saturated carbocycles. The maximum absolute atomic E-state index is 12.7. The zero-order valence-corrected chi connectivity index (χ0v) is 10.6. The molecule has 0 saturated heterocycles. The van der Waals surface area contributed by atoms with Crippen molar-refractivity contribution in [3.63, 3.8) is 0 Å². The highest BCUT2D eigenvalue weighted by molar-refractivity contribution is 6.67. The van der Waals surface area contributed by atoms with E-state index in [0.717, 1.165) is 0 Å². The number of ether oxygens (including phenoxy) is 1. The second-order valence-electron chi connectivity index (χ2n) is 3.30. The Bertz CT molecular complexity index is 528. The fourth-order valence-electron chi connectivity index (χ4n) is 1.26. The summed E-state index contributed by atoms with van der Waals surface area (Å²) in [6, 6.07) is 0.550. The SMILES string of the molecule is O=C(Cl)c1cc(CCl)c(C(F)(F)F)c(OC(F)(F)F)n1. The maximum Gasteiger partial charge on any atom is 0.574 e. The van der Waals surface area contributed by atoms with Crippen LogP contribution >= 0.6 is 23.2 Å². The van der Waals surface area contributed by atoms with Gasteiger partial charge in [0.15, 0.2) is 0 Å². The lowest BCUT2D eigenvalue weighted by Gasteiger charge is -2.17. The molecule has 0 aliphatic carbocycles. The number of hydrogen-bond donors (Lipinski definition) is 0. The van der Waals surface area contributed by atoms with Crippen molar-refractivity contribution in [3.05, 3.63) is 22.9 Å². The van der Waals surface area contributed by atoms with Crippen LogP contribution in [0.2, 0.25) is 0 Å². The average molecular weight is 342 g/mol. The molecule has 0 bridgehead atoms. The fraction of sp³-hybridized carbons (Fsp3) is 0.333. The summed E-state index contributed by atoms with van der Waals surface area (Å²) >= 11 is 10.2. The van der Waals surface area contributed by atoms with Crippen LogP contribution in [-0.2, 0) is 12.1 Å². The summed E-state index contributed by atoms with van der Waals surface area (Å²) in [6.07, 6.45) is -10.6. The molecule has 0 unspecified atom stereocenters. The number of aromatic nitrogens is 1. The van der Waals surface area contributed by atoms with E-state index in [4.69, 9.17) is 23.2 Å². The fourth-order valence-corrected chi connectivity index (χ4v) is 1.57. The summed E-state index contributed by atoms with van der Waals surface area (Å²) in [6.45, 7) is 0. The molecule has 1 rings (SSSR count). The predicted octanol–water partition coefficient (Wildman–Crippen LogP) is 4.12. The van der Waals surface area contributed by atoms with E-state index in [9.17, 15) is 31.1 Å². The highest BCUT2D eigenvalue weighted by atomic mass is 35.5. The van der Waals surface area contributed by atoms with Gasteiger partial charge in [0.25, 0.3) is 5.24 Å². The maximum atomic E-state index is 12.7. The Hall–Kier alpha value is -1.22. The lowest BCUT2D eigenvalue weighted by Crippen LogP contribution is -2.23. The lowest BCUT2D eigenvalue weighted by molar-refractivity contribution is -0.277. The first-order valence-electron chi connectivity index (χ1n) is 4.58. The Labute approximate surface area is 117 Å². The number of carbonyl (C=O) groups is 1. The van der Waals surface area contributed by atoms with Gasteiger partial charge >= 0.3 is 12.5 Å². The van der Waals surface area contributed by atoms with Gasteiger partial charge in [-0.05, 0) is 23.2 Å². The molecule has 112 valence electrons. The topological polar surface area (TPSA) is 39.2 Å². The van der Waals surface area contributed by atoms with Crippen molar-refractivity contribution >= 4 is 28.4 Å². The van der Waals surface area contributed by atoms with Crippen molar-refractivity contribution in [3.8, 4) is 5.88 Å². The van der Waals surface area contributed by atoms with Gasteiger partial charge in [0, 0.05) is 5.88 Å². The monoisotopic (exact) mass is 341 g/mol. The van der Waals surface area contributed by atoms with Crippen LogP contribution in [0, 0.1) is 0 Å². The van der Waals surface area contributed by atoms with Crippen molar-refractivity contribution in [1.82, 2.24) is 4.98 Å². The minimum absolute atomic E-state index is 0.550. The molecule has 1 aromatic rings. The third kappa shape index (κ3) is 4.14. The summed E-state index contributed by atoms with van der Waals surface area (Å²) in [7, 11) is 0. The first kappa shape index (κ1) is 16.8. The minimum atomic E-state index is -5.43. The number of halogens is 8. The van der Waals surface area contributed by atoms with Gasteiger partial charge in [-0.2, -0.15) is 13.2 Å². The Morgan fingerprint density at radius 2 is 1.80 bits per heavy atom. The highest BCUT2D eigenvalue weighted by Crippen LogP contribution is 2.40. The van der Waals surface area contributed by atoms with E-state index >= 15 is 0 Å². The van der Waals surface area contributed by atoms with Gasteiger partial charge in [-0.3, -0.25) is 4.79 Å². The summed E-state index contributed by atoms with van der Waals surface area (Å²) < 4.78 is 77.7. The summed E-state index contributed by atoms with van der Waals surface area (Å²) in [5.74, 6) is -2.64. The van der Waals surface area contributed by atoms with Crippen LogP contribution in [0.15, 0.2) is 6.07 Å². The minimum Gasteiger partial charge on any atom is -0.387 e. The molecule has 0 aliphatic rings. The standard InChI is InChI=1S/C9H3Cl2F6NO2/c10-2-3-1-4(6(11)19)18-7(20-9(15,16)17)5(3)8(12,13)14/h1H,2H2. The number of alkyl halides is 7. The van der Waals surface area contributed by atoms with Gasteiger partial charge in [-0.25, -0.2) is 4.98 Å². The van der Waals surface area contributed by atoms with Crippen LogP contribution in [0.4, 0.5) is 26.3 Å². The molecular formula is C9H3Cl2F6NO2. The van der Waals surface area contributed by atoms with E-state index in [1.165, 1.54) is 0 Å². The molecule has 0 radical (unpaired) electrons. The van der Waals surface area contributed by atoms with Crippen molar-refractivity contribution in [1.29, 1.82) is 0 Å². The molecule has 0 amide bonds. The molecular weight excluding hydrogens is 339 g/mol. The van der Waals surface area contributed by atoms with Crippen LogP contribution in [0.3, 0.4) is 0 Å². The van der Waals surface area contributed by atoms with Gasteiger partial charge in [0.2, 0.25) is 5.88 Å². The molecule has 1 heterocycles. The number of rotatable bonds is 3. The molecule has 0 spiro atoms. The highest BCUT2D eigenvalue weighted by Gasteiger charge is 2.42. The smallest absolute Gasteiger partial charge is 0.387 e. The van der Waals surface area contributed by atoms with Gasteiger partial charge in [-0.15, -0.1) is 24.8 Å². The van der Waals surface area contributed by atoms with Crippen LogP contribution in [0.5, 0.6) is 5.88 Å². The molecule has 0 atom stereocenters. The third-order valence-corrected chi connectivity index (χ3v) is 2.39. The third-order valence-electron chi connectivity index (χ3n) is 1.91. The van der Waals surface area contributed by atoms with Gasteiger partial charge in [0.1, 0.15) is 11.3 Å². The second-order valence-corrected chi connectivity index (χ2v) is 3.91. The van der Waals surface area contributed by atoms with E-state index in [-0.39, 0.29) is 0 Å². The Kier molecular flexibility index (Phi) is 4.75. The normalized spacial score (nSPS) is 12.4. The van der Waals surface area contributed by atoms with Gasteiger partial charge in [-0.1, -0.05) is 0 Å². The van der Waals surface area contributed by atoms with Crippen LogP contribution < -0.4 is 4.74 Å². The number of hydrogen-bond acceptors (Lipinski definition) is 3. The first-order chi connectivity index (χ1) is 8.95. The molecule has 0 aromatic carbocycles. The molecule has 0 N–H and O–H groups in total. The van der Waals surface area contributed by atoms with Crippen molar-refractivity contribution in [2.24, 2.45) is 0 Å². The van der Waals surface area contributed by atoms with E-state index in [1.807, 2.05) is 0 Å². The Balaban J connectivity index is 3.57. The van der Waals surface area contributed by atoms with Gasteiger partial charge < -0.3 is 4.74 Å². The van der Waals surface area contributed by atoms with Crippen LogP contribution in [0.25, 0.3) is 0 Å². The zero-order valence-electron chi connectivity index (χ0n) is 9.07. The lowest BCUT2D eigenvalue weighted by atomic mass is 10.1. The van der Waals surface area contributed by atoms with E-state index < -0.39 is 46.4 Å². The van der Waals surface area contributed by atoms with Crippen molar-refractivity contribution in [2.75, 3.05) is 0 Å². The number of pyridine rings is 1. The quantitative estimate of drug-likeness (QED) is 0.471. The summed E-state index contributed by atoms with van der Waals surface area (Å²) in [4.78, 5) is 13.7. The molecule has 0 aliphatic heterocycles. The van der Waals surface area contributed by atoms with E-state index in [2.05, 4.69) is 9.72 Å². The molecule has 0 fully saturated rings. The van der Waals surface area contributed by atoms with Crippen LogP contribution in [-0.4, -0.2) is 16.6 Å². The zero-order chi connectivity index (χ0) is 15.7.